The number of alkyl halides is 2. The van der Waals surface area contributed by atoms with Crippen LogP contribution in [0, 0.1) is 0 Å². The lowest BCUT2D eigenvalue weighted by Crippen LogP contribution is -2.15. The largest absolute Gasteiger partial charge is 0.435 e. The number of carbonyl (C=O) groups is 1. The number of halogens is 3. The van der Waals surface area contributed by atoms with Gasteiger partial charge in [0.15, 0.2) is 10.9 Å². The van der Waals surface area contributed by atoms with E-state index >= 15 is 0 Å². The van der Waals surface area contributed by atoms with Crippen molar-refractivity contribution in [3.05, 3.63) is 53.8 Å². The third-order valence-corrected chi connectivity index (χ3v) is 3.74. The number of ether oxygens (including phenoxy) is 1. The highest BCUT2D eigenvalue weighted by Crippen LogP contribution is 2.21. The fraction of sp³-hybridized carbons (Fsp3) is 0.133. The lowest BCUT2D eigenvalue weighted by molar-refractivity contribution is -0.0498. The number of amides is 1. The Labute approximate surface area is 146 Å². The van der Waals surface area contributed by atoms with Crippen LogP contribution in [0.1, 0.15) is 10.5 Å². The van der Waals surface area contributed by atoms with Crippen molar-refractivity contribution < 1.29 is 18.3 Å². The Bertz CT molecular complexity index is 729. The summed E-state index contributed by atoms with van der Waals surface area (Å²) in [5.74, 6) is 0.0467. The molecular formula is C15H12ClF2N3O2S. The molecule has 126 valence electrons. The molecule has 1 N–H and O–H groups in total. The number of anilines is 1. The van der Waals surface area contributed by atoms with Gasteiger partial charge in [0.25, 0.3) is 5.91 Å². The summed E-state index contributed by atoms with van der Waals surface area (Å²) in [6, 6.07) is 5.49. The molecule has 0 aliphatic carbocycles. The molecule has 0 radical (unpaired) electrons. The van der Waals surface area contributed by atoms with Crippen LogP contribution >= 0.6 is 23.4 Å². The molecule has 1 heterocycles. The van der Waals surface area contributed by atoms with Gasteiger partial charge in [-0.05, 0) is 24.3 Å². The number of benzene rings is 1. The maximum atomic E-state index is 12.3. The average Bonchev–Trinajstić information content (AvgIpc) is 2.55. The molecule has 0 bridgehead atoms. The minimum atomic E-state index is -2.91. The van der Waals surface area contributed by atoms with Crippen LogP contribution in [-0.2, 0) is 0 Å². The van der Waals surface area contributed by atoms with E-state index in [4.69, 9.17) is 11.6 Å². The summed E-state index contributed by atoms with van der Waals surface area (Å²) in [7, 11) is 0. The fourth-order valence-electron chi connectivity index (χ4n) is 1.62. The molecule has 9 heteroatoms. The molecule has 1 aromatic heterocycles. The fourth-order valence-corrected chi connectivity index (χ4v) is 2.35. The van der Waals surface area contributed by atoms with Gasteiger partial charge < -0.3 is 10.1 Å². The average molecular weight is 372 g/mol. The highest BCUT2D eigenvalue weighted by atomic mass is 35.5. The van der Waals surface area contributed by atoms with E-state index in [1.807, 2.05) is 0 Å². The van der Waals surface area contributed by atoms with Gasteiger partial charge in [-0.2, -0.15) is 8.78 Å². The van der Waals surface area contributed by atoms with E-state index in [9.17, 15) is 13.6 Å². The Morgan fingerprint density at radius 1 is 1.42 bits per heavy atom. The van der Waals surface area contributed by atoms with Crippen molar-refractivity contribution in [3.8, 4) is 5.75 Å². The maximum Gasteiger partial charge on any atom is 0.387 e. The number of hydrogen-bond donors (Lipinski definition) is 1. The van der Waals surface area contributed by atoms with Gasteiger partial charge in [-0.15, -0.1) is 6.58 Å². The van der Waals surface area contributed by atoms with Gasteiger partial charge in [0.05, 0.1) is 11.2 Å². The predicted octanol–water partition coefficient (Wildman–Crippen LogP) is 4.26. The first-order valence-corrected chi connectivity index (χ1v) is 7.98. The molecule has 0 atom stereocenters. The van der Waals surface area contributed by atoms with Gasteiger partial charge in [0.1, 0.15) is 5.75 Å². The van der Waals surface area contributed by atoms with E-state index in [1.54, 1.807) is 6.08 Å². The van der Waals surface area contributed by atoms with Crippen molar-refractivity contribution in [1.82, 2.24) is 9.97 Å². The molecule has 0 unspecified atom stereocenters. The van der Waals surface area contributed by atoms with Gasteiger partial charge in [-0.1, -0.05) is 29.4 Å². The van der Waals surface area contributed by atoms with E-state index in [-0.39, 0.29) is 16.5 Å². The van der Waals surface area contributed by atoms with Crippen LogP contribution in [-0.4, -0.2) is 28.2 Å². The summed E-state index contributed by atoms with van der Waals surface area (Å²) in [5.41, 5.74) is 0.405. The van der Waals surface area contributed by atoms with Gasteiger partial charge in [0.2, 0.25) is 0 Å². The van der Waals surface area contributed by atoms with Crippen molar-refractivity contribution in [2.45, 2.75) is 11.8 Å². The SMILES string of the molecule is C=CCSc1ncc(Cl)c(C(=O)Nc2ccc(OC(F)F)cc2)n1. The Balaban J connectivity index is 2.10. The summed E-state index contributed by atoms with van der Waals surface area (Å²) in [6.07, 6.45) is 3.03. The summed E-state index contributed by atoms with van der Waals surface area (Å²) in [4.78, 5) is 20.4. The standard InChI is InChI=1S/C15H12ClF2N3O2S/c1-2-7-24-15-19-8-11(16)12(21-15)13(22)20-9-3-5-10(6-4-9)23-14(17)18/h2-6,8,14H,1,7H2,(H,20,22). The molecule has 0 aliphatic heterocycles. The molecule has 2 aromatic rings. The van der Waals surface area contributed by atoms with Crippen molar-refractivity contribution in [2.24, 2.45) is 0 Å². The Morgan fingerprint density at radius 2 is 2.12 bits per heavy atom. The van der Waals surface area contributed by atoms with Crippen LogP contribution in [0.25, 0.3) is 0 Å². The number of nitrogens with zero attached hydrogens (tertiary/aromatic N) is 2. The second-order valence-electron chi connectivity index (χ2n) is 4.31. The summed E-state index contributed by atoms with van der Waals surface area (Å²) < 4.78 is 28.4. The van der Waals surface area contributed by atoms with E-state index in [0.717, 1.165) is 0 Å². The first kappa shape index (κ1) is 18.2. The predicted molar refractivity (Wildman–Crippen MR) is 89.0 cm³/mol. The molecular weight excluding hydrogens is 360 g/mol. The summed E-state index contributed by atoms with van der Waals surface area (Å²) in [6.45, 7) is 0.687. The van der Waals surface area contributed by atoms with Crippen molar-refractivity contribution >= 4 is 35.0 Å². The molecule has 2 rings (SSSR count). The number of hydrogen-bond acceptors (Lipinski definition) is 5. The molecule has 0 fully saturated rings. The number of carbonyl (C=O) groups excluding carboxylic acids is 1. The number of rotatable bonds is 7. The number of aromatic nitrogens is 2. The summed E-state index contributed by atoms with van der Waals surface area (Å²) >= 11 is 7.26. The first-order chi connectivity index (χ1) is 11.5. The lowest BCUT2D eigenvalue weighted by Gasteiger charge is -2.08. The minimum absolute atomic E-state index is 0.00817. The molecule has 0 spiro atoms. The zero-order valence-corrected chi connectivity index (χ0v) is 13.8. The molecule has 1 amide bonds. The van der Waals surface area contributed by atoms with Gasteiger partial charge in [0, 0.05) is 11.4 Å². The lowest BCUT2D eigenvalue weighted by atomic mass is 10.3. The third-order valence-electron chi connectivity index (χ3n) is 2.60. The molecule has 0 aliphatic rings. The van der Waals surface area contributed by atoms with Crippen LogP contribution < -0.4 is 10.1 Å². The Hall–Kier alpha value is -2.19. The molecule has 1 aromatic carbocycles. The topological polar surface area (TPSA) is 64.1 Å². The second-order valence-corrected chi connectivity index (χ2v) is 5.70. The first-order valence-electron chi connectivity index (χ1n) is 6.62. The smallest absolute Gasteiger partial charge is 0.387 e. The van der Waals surface area contributed by atoms with E-state index in [0.29, 0.717) is 16.6 Å². The van der Waals surface area contributed by atoms with Crippen molar-refractivity contribution in [1.29, 1.82) is 0 Å². The normalized spacial score (nSPS) is 10.5. The Morgan fingerprint density at radius 3 is 2.75 bits per heavy atom. The van der Waals surface area contributed by atoms with E-state index < -0.39 is 12.5 Å². The molecule has 0 saturated carbocycles. The molecule has 24 heavy (non-hydrogen) atoms. The molecule has 0 saturated heterocycles. The Kier molecular flexibility index (Phi) is 6.51. The molecule has 5 nitrogen and oxygen atoms in total. The quantitative estimate of drug-likeness (QED) is 0.447. The van der Waals surface area contributed by atoms with Crippen LogP contribution in [0.15, 0.2) is 48.3 Å². The van der Waals surface area contributed by atoms with Gasteiger partial charge in [-0.3, -0.25) is 4.79 Å². The van der Waals surface area contributed by atoms with Crippen LogP contribution in [0.2, 0.25) is 5.02 Å². The van der Waals surface area contributed by atoms with Gasteiger partial charge in [-0.25, -0.2) is 9.97 Å². The van der Waals surface area contributed by atoms with Crippen LogP contribution in [0.5, 0.6) is 5.75 Å². The number of nitrogens with one attached hydrogen (secondary N) is 1. The summed E-state index contributed by atoms with van der Waals surface area (Å²) in [5, 5.41) is 3.08. The highest BCUT2D eigenvalue weighted by Gasteiger charge is 2.15. The van der Waals surface area contributed by atoms with E-state index in [2.05, 4.69) is 26.6 Å². The van der Waals surface area contributed by atoms with Crippen molar-refractivity contribution in [3.63, 3.8) is 0 Å². The number of thioether (sulfide) groups is 1. The zero-order chi connectivity index (χ0) is 17.5. The highest BCUT2D eigenvalue weighted by molar-refractivity contribution is 7.99. The minimum Gasteiger partial charge on any atom is -0.435 e. The monoisotopic (exact) mass is 371 g/mol. The second kappa shape index (κ2) is 8.60. The van der Waals surface area contributed by atoms with Crippen LogP contribution in [0.4, 0.5) is 14.5 Å². The van der Waals surface area contributed by atoms with Crippen LogP contribution in [0.3, 0.4) is 0 Å². The zero-order valence-electron chi connectivity index (χ0n) is 12.2. The van der Waals surface area contributed by atoms with Crippen molar-refractivity contribution in [2.75, 3.05) is 11.1 Å². The van der Waals surface area contributed by atoms with Gasteiger partial charge >= 0.3 is 6.61 Å². The maximum absolute atomic E-state index is 12.3. The van der Waals surface area contributed by atoms with E-state index in [1.165, 1.54) is 42.2 Å². The third kappa shape index (κ3) is 5.17.